The van der Waals surface area contributed by atoms with E-state index < -0.39 is 6.10 Å². The van der Waals surface area contributed by atoms with Gasteiger partial charge in [0.25, 0.3) is 0 Å². The molecule has 1 saturated carbocycles. The van der Waals surface area contributed by atoms with Crippen LogP contribution >= 0.6 is 0 Å². The predicted octanol–water partition coefficient (Wildman–Crippen LogP) is 2.40. The lowest BCUT2D eigenvalue weighted by molar-refractivity contribution is -0.0419. The van der Waals surface area contributed by atoms with Gasteiger partial charge in [0.2, 0.25) is 0 Å². The first-order chi connectivity index (χ1) is 5.84. The Balaban J connectivity index is 2.15. The van der Waals surface area contributed by atoms with Gasteiger partial charge in [-0.05, 0) is 25.7 Å². The fourth-order valence-corrected chi connectivity index (χ4v) is 1.88. The van der Waals surface area contributed by atoms with E-state index in [1.54, 1.807) is 0 Å². The molecular weight excluding hydrogens is 152 g/mol. The minimum atomic E-state index is -0.467. The van der Waals surface area contributed by atoms with Crippen LogP contribution < -0.4 is 0 Å². The standard InChI is InChI=1S/C10H19O2/c1-2-12-8-10(11)9-6-4-3-5-7-9/h9-10H,2-8H2,1H3. The van der Waals surface area contributed by atoms with Gasteiger partial charge in [0, 0.05) is 6.61 Å². The largest absolute Gasteiger partial charge is 0.379 e. The maximum atomic E-state index is 11.5. The van der Waals surface area contributed by atoms with Crippen LogP contribution in [0, 0.1) is 5.92 Å². The molecule has 0 bridgehead atoms. The molecule has 2 nitrogen and oxygen atoms in total. The van der Waals surface area contributed by atoms with Gasteiger partial charge in [0.05, 0.1) is 6.61 Å². The predicted molar refractivity (Wildman–Crippen MR) is 47.5 cm³/mol. The van der Waals surface area contributed by atoms with Crippen molar-refractivity contribution in [2.45, 2.75) is 45.1 Å². The lowest BCUT2D eigenvalue weighted by Gasteiger charge is -2.24. The quantitative estimate of drug-likeness (QED) is 0.638. The second kappa shape index (κ2) is 5.55. The van der Waals surface area contributed by atoms with Gasteiger partial charge in [-0.1, -0.05) is 19.3 Å². The Morgan fingerprint density at radius 2 is 2.00 bits per heavy atom. The molecule has 12 heavy (non-hydrogen) atoms. The van der Waals surface area contributed by atoms with Crippen molar-refractivity contribution >= 4 is 0 Å². The first kappa shape index (κ1) is 10.0. The summed E-state index contributed by atoms with van der Waals surface area (Å²) in [6.07, 6.45) is 5.59. The molecule has 1 unspecified atom stereocenters. The smallest absolute Gasteiger partial charge is 0.119 e. The van der Waals surface area contributed by atoms with Crippen LogP contribution in [0.15, 0.2) is 0 Å². The van der Waals surface area contributed by atoms with Crippen molar-refractivity contribution < 1.29 is 9.84 Å². The molecule has 1 atom stereocenters. The normalized spacial score (nSPS) is 22.5. The second-order valence-electron chi connectivity index (χ2n) is 3.60. The van der Waals surface area contributed by atoms with Crippen LogP contribution in [0.2, 0.25) is 0 Å². The van der Waals surface area contributed by atoms with E-state index >= 15 is 0 Å². The van der Waals surface area contributed by atoms with E-state index in [0.717, 1.165) is 12.8 Å². The van der Waals surface area contributed by atoms with Crippen molar-refractivity contribution in [2.75, 3.05) is 13.2 Å². The van der Waals surface area contributed by atoms with Gasteiger partial charge in [-0.15, -0.1) is 0 Å². The molecule has 1 rings (SSSR count). The van der Waals surface area contributed by atoms with E-state index in [-0.39, 0.29) is 0 Å². The molecule has 0 N–H and O–H groups in total. The first-order valence-electron chi connectivity index (χ1n) is 5.08. The summed E-state index contributed by atoms with van der Waals surface area (Å²) in [5.41, 5.74) is 0. The van der Waals surface area contributed by atoms with Crippen LogP contribution in [0.4, 0.5) is 0 Å². The Bertz CT molecular complexity index is 108. The summed E-state index contributed by atoms with van der Waals surface area (Å²) >= 11 is 0. The van der Waals surface area contributed by atoms with Crippen molar-refractivity contribution in [1.29, 1.82) is 0 Å². The van der Waals surface area contributed by atoms with Gasteiger partial charge in [-0.2, -0.15) is 0 Å². The summed E-state index contributed by atoms with van der Waals surface area (Å²) in [4.78, 5) is 0. The van der Waals surface area contributed by atoms with E-state index in [1.807, 2.05) is 6.92 Å². The molecule has 0 amide bonds. The van der Waals surface area contributed by atoms with E-state index in [0.29, 0.717) is 19.1 Å². The summed E-state index contributed by atoms with van der Waals surface area (Å²) < 4.78 is 5.14. The van der Waals surface area contributed by atoms with E-state index in [2.05, 4.69) is 0 Å². The molecule has 1 aliphatic rings. The minimum absolute atomic E-state index is 0.394. The molecule has 0 spiro atoms. The molecule has 1 radical (unpaired) electrons. The van der Waals surface area contributed by atoms with Gasteiger partial charge in [0.1, 0.15) is 6.10 Å². The molecular formula is C10H19O2. The van der Waals surface area contributed by atoms with Gasteiger partial charge in [0.15, 0.2) is 0 Å². The van der Waals surface area contributed by atoms with Crippen LogP contribution in [0.25, 0.3) is 0 Å². The monoisotopic (exact) mass is 171 g/mol. The van der Waals surface area contributed by atoms with Crippen LogP contribution in [0.5, 0.6) is 0 Å². The fraction of sp³-hybridized carbons (Fsp3) is 1.00. The van der Waals surface area contributed by atoms with Gasteiger partial charge < -0.3 is 4.74 Å². The van der Waals surface area contributed by atoms with Crippen molar-refractivity contribution in [3.8, 4) is 0 Å². The minimum Gasteiger partial charge on any atom is -0.379 e. The molecule has 0 aliphatic heterocycles. The van der Waals surface area contributed by atoms with Crippen LogP contribution in [0.1, 0.15) is 39.0 Å². The van der Waals surface area contributed by atoms with E-state index in [1.165, 1.54) is 19.3 Å². The highest BCUT2D eigenvalue weighted by molar-refractivity contribution is 4.72. The summed E-state index contributed by atoms with van der Waals surface area (Å²) in [6, 6.07) is 0. The third-order valence-corrected chi connectivity index (χ3v) is 2.66. The van der Waals surface area contributed by atoms with Crippen LogP contribution in [-0.4, -0.2) is 19.3 Å². The van der Waals surface area contributed by atoms with Gasteiger partial charge in [-0.25, -0.2) is 5.11 Å². The van der Waals surface area contributed by atoms with Gasteiger partial charge in [-0.3, -0.25) is 0 Å². The molecule has 0 aromatic carbocycles. The fourth-order valence-electron chi connectivity index (χ4n) is 1.88. The lowest BCUT2D eigenvalue weighted by Crippen LogP contribution is -2.26. The number of hydrogen-bond acceptors (Lipinski definition) is 1. The lowest BCUT2D eigenvalue weighted by atomic mass is 9.85. The van der Waals surface area contributed by atoms with Crippen molar-refractivity contribution in [3.63, 3.8) is 0 Å². The molecule has 1 aliphatic carbocycles. The maximum Gasteiger partial charge on any atom is 0.119 e. The Hall–Kier alpha value is -0.0800. The summed E-state index contributed by atoms with van der Waals surface area (Å²) in [5, 5.41) is 11.5. The number of hydrogen-bond donors (Lipinski definition) is 0. The summed E-state index contributed by atoms with van der Waals surface area (Å²) in [6.45, 7) is 3.03. The zero-order valence-corrected chi connectivity index (χ0v) is 7.92. The molecule has 2 heteroatoms. The van der Waals surface area contributed by atoms with Gasteiger partial charge >= 0.3 is 0 Å². The van der Waals surface area contributed by atoms with E-state index in [4.69, 9.17) is 4.74 Å². The zero-order chi connectivity index (χ0) is 8.81. The highest BCUT2D eigenvalue weighted by atomic mass is 16.5. The molecule has 0 aromatic heterocycles. The summed E-state index contributed by atoms with van der Waals surface area (Å²) in [5.74, 6) is 0.394. The van der Waals surface area contributed by atoms with Crippen molar-refractivity contribution in [3.05, 3.63) is 0 Å². The highest BCUT2D eigenvalue weighted by Gasteiger charge is 2.22. The molecule has 0 aromatic rings. The first-order valence-corrected chi connectivity index (χ1v) is 5.08. The number of rotatable bonds is 4. The van der Waals surface area contributed by atoms with E-state index in [9.17, 15) is 5.11 Å². The Kier molecular flexibility index (Phi) is 4.62. The third-order valence-electron chi connectivity index (χ3n) is 2.66. The third kappa shape index (κ3) is 3.11. The Morgan fingerprint density at radius 3 is 2.58 bits per heavy atom. The summed E-state index contributed by atoms with van der Waals surface area (Å²) in [7, 11) is 0. The maximum absolute atomic E-state index is 11.5. The zero-order valence-electron chi connectivity index (χ0n) is 7.92. The molecule has 0 saturated heterocycles. The van der Waals surface area contributed by atoms with Crippen molar-refractivity contribution in [2.24, 2.45) is 5.92 Å². The average molecular weight is 171 g/mol. The molecule has 71 valence electrons. The van der Waals surface area contributed by atoms with Crippen LogP contribution in [-0.2, 0) is 9.84 Å². The van der Waals surface area contributed by atoms with Crippen LogP contribution in [0.3, 0.4) is 0 Å². The Labute approximate surface area is 74.9 Å². The molecule has 0 heterocycles. The highest BCUT2D eigenvalue weighted by Crippen LogP contribution is 2.26. The number of ether oxygens (including phenoxy) is 1. The van der Waals surface area contributed by atoms with Crippen molar-refractivity contribution in [1.82, 2.24) is 0 Å². The molecule has 1 fully saturated rings. The second-order valence-corrected chi connectivity index (χ2v) is 3.60. The average Bonchev–Trinajstić information content (AvgIpc) is 2.15. The topological polar surface area (TPSA) is 29.1 Å². The Morgan fingerprint density at radius 1 is 1.33 bits per heavy atom. The SMILES string of the molecule is CCOCC([O])C1CCCCC1.